The van der Waals surface area contributed by atoms with Gasteiger partial charge in [-0.25, -0.2) is 0 Å². The standard InChI is InChI=1S/C20H32N2O/c1-3-5-9-17(4-2)16-21-20(23)18-10-12-19(13-11-18)22-14-7-6-8-15-22/h10-13,17H,3-9,14-16H2,1-2H3,(H,21,23). The fraction of sp³-hybridized carbons (Fsp3) is 0.650. The van der Waals surface area contributed by atoms with Crippen molar-refractivity contribution in [1.29, 1.82) is 0 Å². The highest BCUT2D eigenvalue weighted by Gasteiger charge is 2.13. The number of unbranched alkanes of at least 4 members (excludes halogenated alkanes) is 1. The van der Waals surface area contributed by atoms with Crippen molar-refractivity contribution in [3.05, 3.63) is 29.8 Å². The SMILES string of the molecule is CCCCC(CC)CNC(=O)c1ccc(N2CCCCC2)cc1. The summed E-state index contributed by atoms with van der Waals surface area (Å²) in [5, 5.41) is 3.11. The Hall–Kier alpha value is -1.51. The van der Waals surface area contributed by atoms with Crippen LogP contribution < -0.4 is 10.2 Å². The highest BCUT2D eigenvalue weighted by molar-refractivity contribution is 5.94. The van der Waals surface area contributed by atoms with Gasteiger partial charge in [0.2, 0.25) is 0 Å². The first kappa shape index (κ1) is 17.8. The molecule has 1 aliphatic heterocycles. The molecule has 1 amide bonds. The Kier molecular flexibility index (Phi) is 7.44. The largest absolute Gasteiger partial charge is 0.372 e. The van der Waals surface area contributed by atoms with Gasteiger partial charge in [-0.1, -0.05) is 33.1 Å². The van der Waals surface area contributed by atoms with Crippen molar-refractivity contribution in [3.63, 3.8) is 0 Å². The van der Waals surface area contributed by atoms with Gasteiger partial charge in [0.1, 0.15) is 0 Å². The summed E-state index contributed by atoms with van der Waals surface area (Å²) >= 11 is 0. The maximum absolute atomic E-state index is 12.3. The predicted octanol–water partition coefficient (Wildman–Crippen LogP) is 4.62. The Balaban J connectivity index is 1.84. The average Bonchev–Trinajstić information content (AvgIpc) is 2.62. The molecular formula is C20H32N2O. The van der Waals surface area contributed by atoms with Crippen molar-refractivity contribution >= 4 is 11.6 Å². The van der Waals surface area contributed by atoms with Crippen LogP contribution in [-0.2, 0) is 0 Å². The number of hydrogen-bond donors (Lipinski definition) is 1. The van der Waals surface area contributed by atoms with Crippen LogP contribution >= 0.6 is 0 Å². The van der Waals surface area contributed by atoms with Crippen LogP contribution in [0.15, 0.2) is 24.3 Å². The topological polar surface area (TPSA) is 32.3 Å². The van der Waals surface area contributed by atoms with E-state index in [1.54, 1.807) is 0 Å². The lowest BCUT2D eigenvalue weighted by molar-refractivity contribution is 0.0946. The van der Waals surface area contributed by atoms with Crippen LogP contribution in [0.25, 0.3) is 0 Å². The number of benzene rings is 1. The van der Waals surface area contributed by atoms with E-state index in [-0.39, 0.29) is 5.91 Å². The van der Waals surface area contributed by atoms with Gasteiger partial charge in [0.05, 0.1) is 0 Å². The molecule has 1 aliphatic rings. The number of carbonyl (C=O) groups is 1. The Morgan fingerprint density at radius 1 is 1.13 bits per heavy atom. The molecule has 1 unspecified atom stereocenters. The molecule has 0 radical (unpaired) electrons. The van der Waals surface area contributed by atoms with Gasteiger partial charge in [0.25, 0.3) is 5.91 Å². The fourth-order valence-corrected chi connectivity index (χ4v) is 3.26. The first-order valence-electron chi connectivity index (χ1n) is 9.37. The second-order valence-corrected chi connectivity index (χ2v) is 6.72. The van der Waals surface area contributed by atoms with Crippen LogP contribution in [0.4, 0.5) is 5.69 Å². The first-order chi connectivity index (χ1) is 11.2. The summed E-state index contributed by atoms with van der Waals surface area (Å²) in [5.41, 5.74) is 2.02. The molecule has 1 saturated heterocycles. The molecule has 0 bridgehead atoms. The van der Waals surface area contributed by atoms with Gasteiger partial charge < -0.3 is 10.2 Å². The van der Waals surface area contributed by atoms with E-state index >= 15 is 0 Å². The number of carbonyl (C=O) groups excluding carboxylic acids is 1. The average molecular weight is 316 g/mol. The molecule has 1 aromatic rings. The van der Waals surface area contributed by atoms with Crippen molar-refractivity contribution < 1.29 is 4.79 Å². The van der Waals surface area contributed by atoms with Crippen LogP contribution in [0.3, 0.4) is 0 Å². The van der Waals surface area contributed by atoms with E-state index < -0.39 is 0 Å². The zero-order valence-electron chi connectivity index (χ0n) is 14.8. The van der Waals surface area contributed by atoms with Crippen molar-refractivity contribution in [3.8, 4) is 0 Å². The molecule has 2 rings (SSSR count). The summed E-state index contributed by atoms with van der Waals surface area (Å²) in [6, 6.07) is 8.11. The third-order valence-electron chi connectivity index (χ3n) is 4.95. The number of nitrogens with zero attached hydrogens (tertiary/aromatic N) is 1. The minimum absolute atomic E-state index is 0.0603. The molecule has 23 heavy (non-hydrogen) atoms. The molecule has 128 valence electrons. The summed E-state index contributed by atoms with van der Waals surface area (Å²) in [4.78, 5) is 14.7. The zero-order valence-corrected chi connectivity index (χ0v) is 14.8. The summed E-state index contributed by atoms with van der Waals surface area (Å²) in [7, 11) is 0. The number of piperidine rings is 1. The van der Waals surface area contributed by atoms with Crippen LogP contribution in [0, 0.1) is 5.92 Å². The molecule has 0 saturated carbocycles. The van der Waals surface area contributed by atoms with Gasteiger partial charge in [0, 0.05) is 30.9 Å². The second-order valence-electron chi connectivity index (χ2n) is 6.72. The van der Waals surface area contributed by atoms with E-state index in [0.717, 1.165) is 31.6 Å². The lowest BCUT2D eigenvalue weighted by Crippen LogP contribution is -2.30. The number of amides is 1. The van der Waals surface area contributed by atoms with E-state index in [2.05, 4.69) is 36.2 Å². The molecule has 1 atom stereocenters. The van der Waals surface area contributed by atoms with Crippen molar-refractivity contribution in [2.24, 2.45) is 5.92 Å². The summed E-state index contributed by atoms with van der Waals surface area (Å²) in [6.45, 7) is 7.50. The third-order valence-corrected chi connectivity index (χ3v) is 4.95. The molecule has 3 heteroatoms. The van der Waals surface area contributed by atoms with Crippen molar-refractivity contribution in [2.75, 3.05) is 24.5 Å². The molecule has 1 fully saturated rings. The summed E-state index contributed by atoms with van der Waals surface area (Å²) in [5.74, 6) is 0.664. The van der Waals surface area contributed by atoms with E-state index in [4.69, 9.17) is 0 Å². The number of anilines is 1. The third kappa shape index (κ3) is 5.56. The Bertz CT molecular complexity index is 463. The normalized spacial score (nSPS) is 16.2. The Labute approximate surface area is 141 Å². The minimum atomic E-state index is 0.0603. The molecule has 1 heterocycles. The number of nitrogens with one attached hydrogen (secondary N) is 1. The van der Waals surface area contributed by atoms with Gasteiger partial charge >= 0.3 is 0 Å². The minimum Gasteiger partial charge on any atom is -0.372 e. The number of rotatable bonds is 8. The fourth-order valence-electron chi connectivity index (χ4n) is 3.26. The van der Waals surface area contributed by atoms with E-state index in [1.807, 2.05) is 12.1 Å². The maximum Gasteiger partial charge on any atom is 0.251 e. The van der Waals surface area contributed by atoms with Crippen molar-refractivity contribution in [1.82, 2.24) is 5.32 Å². The number of hydrogen-bond acceptors (Lipinski definition) is 2. The van der Waals surface area contributed by atoms with E-state index in [0.29, 0.717) is 5.92 Å². The second kappa shape index (κ2) is 9.59. The van der Waals surface area contributed by atoms with Gasteiger partial charge in [-0.15, -0.1) is 0 Å². The summed E-state index contributed by atoms with van der Waals surface area (Å²) < 4.78 is 0. The van der Waals surface area contributed by atoms with Crippen LogP contribution in [0.5, 0.6) is 0 Å². The predicted molar refractivity (Wildman–Crippen MR) is 98.1 cm³/mol. The van der Waals surface area contributed by atoms with Crippen LogP contribution in [-0.4, -0.2) is 25.5 Å². The maximum atomic E-state index is 12.3. The van der Waals surface area contributed by atoms with E-state index in [1.165, 1.54) is 44.2 Å². The highest BCUT2D eigenvalue weighted by Crippen LogP contribution is 2.20. The molecule has 1 aromatic carbocycles. The lowest BCUT2D eigenvalue weighted by atomic mass is 9.99. The molecule has 0 spiro atoms. The molecule has 1 N–H and O–H groups in total. The highest BCUT2D eigenvalue weighted by atomic mass is 16.1. The molecule has 0 aliphatic carbocycles. The molecule has 0 aromatic heterocycles. The van der Waals surface area contributed by atoms with Gasteiger partial charge in [-0.3, -0.25) is 4.79 Å². The Morgan fingerprint density at radius 3 is 2.43 bits per heavy atom. The first-order valence-corrected chi connectivity index (χ1v) is 9.37. The smallest absolute Gasteiger partial charge is 0.251 e. The van der Waals surface area contributed by atoms with Gasteiger partial charge in [-0.2, -0.15) is 0 Å². The molecular weight excluding hydrogens is 284 g/mol. The molecule has 3 nitrogen and oxygen atoms in total. The summed E-state index contributed by atoms with van der Waals surface area (Å²) in [6.07, 6.45) is 8.71. The monoisotopic (exact) mass is 316 g/mol. The lowest BCUT2D eigenvalue weighted by Gasteiger charge is -2.28. The zero-order chi connectivity index (χ0) is 16.5. The van der Waals surface area contributed by atoms with Gasteiger partial charge in [-0.05, 0) is 55.9 Å². The van der Waals surface area contributed by atoms with Crippen molar-refractivity contribution in [2.45, 2.75) is 58.8 Å². The van der Waals surface area contributed by atoms with Crippen LogP contribution in [0.2, 0.25) is 0 Å². The van der Waals surface area contributed by atoms with E-state index in [9.17, 15) is 4.79 Å². The van der Waals surface area contributed by atoms with Crippen LogP contribution in [0.1, 0.15) is 69.2 Å². The Morgan fingerprint density at radius 2 is 1.83 bits per heavy atom. The quantitative estimate of drug-likeness (QED) is 0.759. The van der Waals surface area contributed by atoms with Gasteiger partial charge in [0.15, 0.2) is 0 Å².